The lowest BCUT2D eigenvalue weighted by atomic mass is 10.2. The number of benzene rings is 2. The normalized spacial score (nSPS) is 11.3. The number of likely N-dealkylation sites (N-methyl/N-ethyl adjacent to an activating group) is 1. The highest BCUT2D eigenvalue weighted by Crippen LogP contribution is 2.24. The van der Waals surface area contributed by atoms with E-state index < -0.39 is 15.9 Å². The number of carbonyl (C=O) groups is 1. The van der Waals surface area contributed by atoms with Crippen LogP contribution in [-0.4, -0.2) is 44.7 Å². The van der Waals surface area contributed by atoms with Crippen LogP contribution >= 0.6 is 34.5 Å². The molecule has 1 amide bonds. The average molecular weight is 486 g/mol. The molecule has 3 rings (SSSR count). The number of carbonyl (C=O) groups excluding carboxylic acids is 1. The summed E-state index contributed by atoms with van der Waals surface area (Å²) in [5.74, 6) is -0.547. The second kappa shape index (κ2) is 9.71. The van der Waals surface area contributed by atoms with Gasteiger partial charge in [-0.15, -0.1) is 10.2 Å². The lowest BCUT2D eigenvalue weighted by Crippen LogP contribution is -2.33. The summed E-state index contributed by atoms with van der Waals surface area (Å²) in [5.41, 5.74) is 1.15. The first-order chi connectivity index (χ1) is 14.3. The molecule has 12 heteroatoms. The second-order valence-corrected chi connectivity index (χ2v) is 9.87. The van der Waals surface area contributed by atoms with Crippen LogP contribution in [0.15, 0.2) is 52.9 Å². The van der Waals surface area contributed by atoms with Crippen molar-refractivity contribution in [2.45, 2.75) is 4.34 Å². The maximum Gasteiger partial charge on any atom is 0.269 e. The summed E-state index contributed by atoms with van der Waals surface area (Å²) < 4.78 is 27.1. The van der Waals surface area contributed by atoms with Crippen LogP contribution < -0.4 is 14.9 Å². The standard InChI is InChI=1S/C18H17Cl2N5O3S2/c1-25(13-5-3-2-4-6-13)10-9-21-30(27,28)18-24-23-17(29-18)22-16(26)14-8-7-12(19)11-15(14)20/h2-8,11,21H,9-10H2,1H3,(H,22,23,26). The molecule has 0 atom stereocenters. The molecule has 2 N–H and O–H groups in total. The van der Waals surface area contributed by atoms with E-state index in [1.165, 1.54) is 18.2 Å². The molecule has 0 spiro atoms. The Morgan fingerprint density at radius 1 is 1.13 bits per heavy atom. The minimum Gasteiger partial charge on any atom is -0.373 e. The van der Waals surface area contributed by atoms with Gasteiger partial charge in [0.25, 0.3) is 15.9 Å². The van der Waals surface area contributed by atoms with Gasteiger partial charge in [-0.05, 0) is 30.3 Å². The lowest BCUT2D eigenvalue weighted by molar-refractivity contribution is 0.102. The zero-order valence-electron chi connectivity index (χ0n) is 15.7. The maximum atomic E-state index is 12.4. The first-order valence-electron chi connectivity index (χ1n) is 8.62. The quantitative estimate of drug-likeness (QED) is 0.473. The van der Waals surface area contributed by atoms with E-state index in [1.54, 1.807) is 0 Å². The first kappa shape index (κ1) is 22.4. The molecule has 8 nitrogen and oxygen atoms in total. The van der Waals surface area contributed by atoms with Crippen LogP contribution in [0, 0.1) is 0 Å². The fourth-order valence-corrected chi connectivity index (χ4v) is 4.88. The topological polar surface area (TPSA) is 104 Å². The summed E-state index contributed by atoms with van der Waals surface area (Å²) in [7, 11) is -1.99. The zero-order chi connectivity index (χ0) is 21.7. The Kier molecular flexibility index (Phi) is 7.27. The van der Waals surface area contributed by atoms with Crippen LogP contribution in [0.25, 0.3) is 0 Å². The summed E-state index contributed by atoms with van der Waals surface area (Å²) in [5, 5.41) is 10.5. The summed E-state index contributed by atoms with van der Waals surface area (Å²) in [6.07, 6.45) is 0. The van der Waals surface area contributed by atoms with Gasteiger partial charge in [-0.25, -0.2) is 13.1 Å². The van der Waals surface area contributed by atoms with Gasteiger partial charge in [0.15, 0.2) is 0 Å². The molecule has 158 valence electrons. The van der Waals surface area contributed by atoms with Gasteiger partial charge in [0.1, 0.15) is 0 Å². The van der Waals surface area contributed by atoms with E-state index in [0.717, 1.165) is 17.0 Å². The largest absolute Gasteiger partial charge is 0.373 e. The molecular formula is C18H17Cl2N5O3S2. The van der Waals surface area contributed by atoms with Crippen molar-refractivity contribution in [2.24, 2.45) is 0 Å². The summed E-state index contributed by atoms with van der Waals surface area (Å²) in [4.78, 5) is 14.2. The summed E-state index contributed by atoms with van der Waals surface area (Å²) in [6, 6.07) is 14.0. The molecule has 0 aliphatic rings. The zero-order valence-corrected chi connectivity index (χ0v) is 18.8. The van der Waals surface area contributed by atoms with Gasteiger partial charge < -0.3 is 4.90 Å². The molecule has 1 heterocycles. The Hall–Kier alpha value is -2.24. The number of amides is 1. The molecule has 0 radical (unpaired) electrons. The van der Waals surface area contributed by atoms with E-state index in [4.69, 9.17) is 23.2 Å². The number of para-hydroxylation sites is 1. The predicted molar refractivity (Wildman–Crippen MR) is 119 cm³/mol. The minimum absolute atomic E-state index is 0.0350. The molecule has 0 bridgehead atoms. The number of hydrogen-bond acceptors (Lipinski definition) is 7. The van der Waals surface area contributed by atoms with E-state index in [-0.39, 0.29) is 26.6 Å². The van der Waals surface area contributed by atoms with E-state index in [2.05, 4.69) is 20.2 Å². The Morgan fingerprint density at radius 2 is 1.87 bits per heavy atom. The number of rotatable bonds is 8. The molecular weight excluding hydrogens is 469 g/mol. The van der Waals surface area contributed by atoms with Crippen LogP contribution in [0.5, 0.6) is 0 Å². The van der Waals surface area contributed by atoms with E-state index >= 15 is 0 Å². The predicted octanol–water partition coefficient (Wildman–Crippen LogP) is 3.51. The number of anilines is 2. The van der Waals surface area contributed by atoms with Crippen molar-refractivity contribution in [1.82, 2.24) is 14.9 Å². The van der Waals surface area contributed by atoms with Crippen molar-refractivity contribution in [1.29, 1.82) is 0 Å². The molecule has 0 unspecified atom stereocenters. The Balaban J connectivity index is 1.59. The van der Waals surface area contributed by atoms with Crippen LogP contribution in [0.1, 0.15) is 10.4 Å². The van der Waals surface area contributed by atoms with Crippen LogP contribution in [0.3, 0.4) is 0 Å². The first-order valence-corrected chi connectivity index (χ1v) is 11.7. The molecule has 0 saturated heterocycles. The van der Waals surface area contributed by atoms with Gasteiger partial charge in [-0.3, -0.25) is 10.1 Å². The number of nitrogens with zero attached hydrogens (tertiary/aromatic N) is 3. The second-order valence-electron chi connectivity index (χ2n) is 6.11. The van der Waals surface area contributed by atoms with Crippen molar-refractivity contribution in [2.75, 3.05) is 30.4 Å². The SMILES string of the molecule is CN(CCNS(=O)(=O)c1nnc(NC(=O)c2ccc(Cl)cc2Cl)s1)c1ccccc1. The maximum absolute atomic E-state index is 12.4. The molecule has 0 fully saturated rings. The third kappa shape index (κ3) is 5.67. The summed E-state index contributed by atoms with van der Waals surface area (Å²) >= 11 is 12.6. The molecule has 0 aliphatic heterocycles. The fraction of sp³-hybridized carbons (Fsp3) is 0.167. The van der Waals surface area contributed by atoms with Gasteiger partial charge >= 0.3 is 0 Å². The number of nitrogens with one attached hydrogen (secondary N) is 2. The minimum atomic E-state index is -3.86. The molecule has 2 aromatic carbocycles. The van der Waals surface area contributed by atoms with E-state index in [9.17, 15) is 13.2 Å². The van der Waals surface area contributed by atoms with Crippen molar-refractivity contribution in [3.63, 3.8) is 0 Å². The molecule has 0 aliphatic carbocycles. The highest BCUT2D eigenvalue weighted by Gasteiger charge is 2.21. The van der Waals surface area contributed by atoms with Gasteiger partial charge in [-0.2, -0.15) is 0 Å². The monoisotopic (exact) mass is 485 g/mol. The highest BCUT2D eigenvalue weighted by atomic mass is 35.5. The van der Waals surface area contributed by atoms with Crippen LogP contribution in [0.2, 0.25) is 10.0 Å². The number of hydrogen-bond donors (Lipinski definition) is 2. The van der Waals surface area contributed by atoms with Gasteiger partial charge in [0.2, 0.25) is 9.47 Å². The molecule has 3 aromatic rings. The molecule has 30 heavy (non-hydrogen) atoms. The number of aromatic nitrogens is 2. The molecule has 1 aromatic heterocycles. The average Bonchev–Trinajstić information content (AvgIpc) is 3.18. The van der Waals surface area contributed by atoms with Crippen LogP contribution in [-0.2, 0) is 10.0 Å². The van der Waals surface area contributed by atoms with Gasteiger partial charge in [0, 0.05) is 30.8 Å². The van der Waals surface area contributed by atoms with Gasteiger partial charge in [-0.1, -0.05) is 52.7 Å². The Bertz CT molecular complexity index is 1140. The highest BCUT2D eigenvalue weighted by molar-refractivity contribution is 7.91. The molecule has 0 saturated carbocycles. The smallest absolute Gasteiger partial charge is 0.269 e. The third-order valence-corrected chi connectivity index (χ3v) is 7.18. The Morgan fingerprint density at radius 3 is 2.57 bits per heavy atom. The third-order valence-electron chi connectivity index (χ3n) is 3.97. The van der Waals surface area contributed by atoms with Crippen molar-refractivity contribution < 1.29 is 13.2 Å². The Labute approximate surface area is 187 Å². The van der Waals surface area contributed by atoms with Crippen molar-refractivity contribution in [3.05, 3.63) is 64.1 Å². The lowest BCUT2D eigenvalue weighted by Gasteiger charge is -2.19. The van der Waals surface area contributed by atoms with Crippen molar-refractivity contribution >= 4 is 61.3 Å². The summed E-state index contributed by atoms with van der Waals surface area (Å²) in [6.45, 7) is 0.635. The van der Waals surface area contributed by atoms with E-state index in [1.807, 2.05) is 42.3 Å². The number of halogens is 2. The van der Waals surface area contributed by atoms with E-state index in [0.29, 0.717) is 11.6 Å². The van der Waals surface area contributed by atoms with Crippen molar-refractivity contribution in [3.8, 4) is 0 Å². The fourth-order valence-electron chi connectivity index (χ4n) is 2.43. The van der Waals surface area contributed by atoms with Gasteiger partial charge in [0.05, 0.1) is 10.6 Å². The number of sulfonamides is 1. The van der Waals surface area contributed by atoms with Crippen LogP contribution in [0.4, 0.5) is 10.8 Å².